The first-order valence-electron chi connectivity index (χ1n) is 5.39. The second kappa shape index (κ2) is 6.60. The Labute approximate surface area is 104 Å². The van der Waals surface area contributed by atoms with E-state index in [4.69, 9.17) is 10.2 Å². The molecule has 1 rings (SSSR count). The van der Waals surface area contributed by atoms with Crippen molar-refractivity contribution in [3.63, 3.8) is 0 Å². The van der Waals surface area contributed by atoms with Crippen LogP contribution in [0, 0.1) is 0 Å². The number of hydrogen-bond donors (Lipinski definition) is 4. The molecule has 0 fully saturated rings. The first kappa shape index (κ1) is 14.0. The van der Waals surface area contributed by atoms with Crippen LogP contribution in [0.5, 0.6) is 0 Å². The predicted molar refractivity (Wildman–Crippen MR) is 61.7 cm³/mol. The molecular weight excluding hydrogens is 240 g/mol. The van der Waals surface area contributed by atoms with Crippen molar-refractivity contribution in [1.29, 1.82) is 0 Å². The summed E-state index contributed by atoms with van der Waals surface area (Å²) < 4.78 is 1.77. The number of carboxylic acids is 1. The third kappa shape index (κ3) is 4.42. The summed E-state index contributed by atoms with van der Waals surface area (Å²) in [5.41, 5.74) is 0. The van der Waals surface area contributed by atoms with Crippen LogP contribution in [-0.2, 0) is 18.4 Å². The van der Waals surface area contributed by atoms with Crippen LogP contribution in [0.3, 0.4) is 0 Å². The van der Waals surface area contributed by atoms with Gasteiger partial charge in [0.05, 0.1) is 6.54 Å². The van der Waals surface area contributed by atoms with Gasteiger partial charge in [-0.05, 0) is 0 Å². The number of nitrogens with zero attached hydrogens (tertiary/aromatic N) is 2. The van der Waals surface area contributed by atoms with Crippen molar-refractivity contribution in [2.24, 2.45) is 7.05 Å². The van der Waals surface area contributed by atoms with E-state index < -0.39 is 18.1 Å². The fourth-order valence-corrected chi connectivity index (χ4v) is 1.23. The fourth-order valence-electron chi connectivity index (χ4n) is 1.23. The van der Waals surface area contributed by atoms with Gasteiger partial charge in [-0.1, -0.05) is 0 Å². The topological polar surface area (TPSA) is 116 Å². The molecule has 0 saturated carbocycles. The molecule has 0 aromatic carbocycles. The number of aliphatic carboxylic acids is 1. The van der Waals surface area contributed by atoms with E-state index >= 15 is 0 Å². The van der Waals surface area contributed by atoms with Gasteiger partial charge in [-0.2, -0.15) is 0 Å². The predicted octanol–water partition coefficient (Wildman–Crippen LogP) is -0.945. The summed E-state index contributed by atoms with van der Waals surface area (Å²) in [5.74, 6) is -0.596. The lowest BCUT2D eigenvalue weighted by Crippen LogP contribution is -2.37. The van der Waals surface area contributed by atoms with Gasteiger partial charge < -0.3 is 25.4 Å². The molecule has 8 heteroatoms. The summed E-state index contributed by atoms with van der Waals surface area (Å²) >= 11 is 0. The zero-order chi connectivity index (χ0) is 13.5. The van der Waals surface area contributed by atoms with E-state index in [1.807, 2.05) is 7.05 Å². The van der Waals surface area contributed by atoms with E-state index in [0.29, 0.717) is 5.82 Å². The number of imidazole rings is 1. The van der Waals surface area contributed by atoms with Crippen molar-refractivity contribution in [3.8, 4) is 0 Å². The molecule has 2 amide bonds. The third-order valence-electron chi connectivity index (χ3n) is 2.32. The molecule has 8 nitrogen and oxygen atoms in total. The van der Waals surface area contributed by atoms with Crippen molar-refractivity contribution in [3.05, 3.63) is 18.2 Å². The molecule has 0 aliphatic heterocycles. The van der Waals surface area contributed by atoms with Gasteiger partial charge in [0, 0.05) is 32.4 Å². The first-order chi connectivity index (χ1) is 8.50. The monoisotopic (exact) mass is 256 g/mol. The molecular formula is C10H16N4O4. The highest BCUT2D eigenvalue weighted by Crippen LogP contribution is 1.93. The van der Waals surface area contributed by atoms with E-state index in [1.165, 1.54) is 0 Å². The number of aliphatic hydroxyl groups excluding tert-OH is 1. The lowest BCUT2D eigenvalue weighted by Gasteiger charge is -2.08. The number of urea groups is 1. The molecule has 1 atom stereocenters. The summed E-state index contributed by atoms with van der Waals surface area (Å²) in [6, 6.07) is -0.435. The number of amides is 2. The van der Waals surface area contributed by atoms with Crippen molar-refractivity contribution in [2.75, 3.05) is 6.54 Å². The molecule has 0 spiro atoms. The Balaban J connectivity index is 2.19. The number of carbonyl (C=O) groups is 2. The lowest BCUT2D eigenvalue weighted by molar-refractivity contribution is -0.146. The maximum absolute atomic E-state index is 11.3. The zero-order valence-corrected chi connectivity index (χ0v) is 9.96. The minimum absolute atomic E-state index is 0.0365. The van der Waals surface area contributed by atoms with Gasteiger partial charge in [0.2, 0.25) is 0 Å². The van der Waals surface area contributed by atoms with E-state index in [0.717, 1.165) is 0 Å². The smallest absolute Gasteiger partial charge is 0.332 e. The highest BCUT2D eigenvalue weighted by atomic mass is 16.4. The summed E-state index contributed by atoms with van der Waals surface area (Å²) in [6.07, 6.45) is 1.89. The molecule has 0 radical (unpaired) electrons. The fraction of sp³-hybridized carbons (Fsp3) is 0.500. The zero-order valence-electron chi connectivity index (χ0n) is 9.96. The Morgan fingerprint density at radius 2 is 2.22 bits per heavy atom. The summed E-state index contributed by atoms with van der Waals surface area (Å²) in [5, 5.41) is 22.4. The second-order valence-electron chi connectivity index (χ2n) is 3.71. The molecule has 0 aliphatic carbocycles. The summed E-state index contributed by atoms with van der Waals surface area (Å²) in [4.78, 5) is 25.6. The van der Waals surface area contributed by atoms with Crippen molar-refractivity contribution < 1.29 is 19.8 Å². The molecule has 1 unspecified atom stereocenters. The van der Waals surface area contributed by atoms with E-state index in [1.54, 1.807) is 17.0 Å². The number of aryl methyl sites for hydroxylation is 1. The largest absolute Gasteiger partial charge is 0.479 e. The highest BCUT2D eigenvalue weighted by Gasteiger charge is 2.12. The van der Waals surface area contributed by atoms with E-state index in [2.05, 4.69) is 15.6 Å². The van der Waals surface area contributed by atoms with Crippen molar-refractivity contribution >= 4 is 12.0 Å². The normalized spacial score (nSPS) is 11.9. The number of nitrogens with one attached hydrogen (secondary N) is 2. The van der Waals surface area contributed by atoms with Crippen LogP contribution in [0.2, 0.25) is 0 Å². The minimum atomic E-state index is -1.46. The Kier molecular flexibility index (Phi) is 5.12. The average molecular weight is 256 g/mol. The molecule has 0 aliphatic rings. The number of rotatable bonds is 6. The molecule has 100 valence electrons. The SMILES string of the molecule is Cn1ccnc1CNC(=O)NCCC(O)C(=O)O. The number of hydrogen-bond acceptors (Lipinski definition) is 4. The van der Waals surface area contributed by atoms with Crippen molar-refractivity contribution in [2.45, 2.75) is 19.1 Å². The van der Waals surface area contributed by atoms with Gasteiger partial charge in [-0.25, -0.2) is 14.6 Å². The van der Waals surface area contributed by atoms with Crippen LogP contribution >= 0.6 is 0 Å². The summed E-state index contributed by atoms with van der Waals surface area (Å²) in [7, 11) is 1.81. The first-order valence-corrected chi connectivity index (χ1v) is 5.39. The lowest BCUT2D eigenvalue weighted by atomic mass is 10.2. The number of aliphatic hydroxyl groups is 1. The van der Waals surface area contributed by atoms with Gasteiger partial charge in [-0.3, -0.25) is 0 Å². The standard InChI is InChI=1S/C10H16N4O4/c1-14-5-4-11-8(14)6-13-10(18)12-3-2-7(15)9(16)17/h4-5,7,15H,2-3,6H2,1H3,(H,16,17)(H2,12,13,18). The molecule has 0 saturated heterocycles. The summed E-state index contributed by atoms with van der Waals surface area (Å²) in [6.45, 7) is 0.358. The molecule has 18 heavy (non-hydrogen) atoms. The number of carboxylic acid groups (broad SMARTS) is 1. The van der Waals surface area contributed by atoms with Gasteiger partial charge in [0.25, 0.3) is 0 Å². The average Bonchev–Trinajstić information content (AvgIpc) is 2.72. The van der Waals surface area contributed by atoms with Crippen LogP contribution in [0.1, 0.15) is 12.2 Å². The molecule has 0 bridgehead atoms. The van der Waals surface area contributed by atoms with Gasteiger partial charge in [-0.15, -0.1) is 0 Å². The molecule has 1 aromatic heterocycles. The number of aromatic nitrogens is 2. The van der Waals surface area contributed by atoms with Gasteiger partial charge in [0.1, 0.15) is 5.82 Å². The van der Waals surface area contributed by atoms with E-state index in [-0.39, 0.29) is 19.5 Å². The second-order valence-corrected chi connectivity index (χ2v) is 3.71. The molecule has 4 N–H and O–H groups in total. The third-order valence-corrected chi connectivity index (χ3v) is 2.32. The molecule has 1 heterocycles. The van der Waals surface area contributed by atoms with Crippen molar-refractivity contribution in [1.82, 2.24) is 20.2 Å². The Morgan fingerprint density at radius 3 is 2.78 bits per heavy atom. The number of carbonyl (C=O) groups excluding carboxylic acids is 1. The van der Waals surface area contributed by atoms with Crippen LogP contribution < -0.4 is 10.6 Å². The van der Waals surface area contributed by atoms with Crippen LogP contribution in [0.15, 0.2) is 12.4 Å². The highest BCUT2D eigenvalue weighted by molar-refractivity contribution is 5.74. The maximum atomic E-state index is 11.3. The van der Waals surface area contributed by atoms with E-state index in [9.17, 15) is 9.59 Å². The maximum Gasteiger partial charge on any atom is 0.332 e. The minimum Gasteiger partial charge on any atom is -0.479 e. The van der Waals surface area contributed by atoms with Crippen LogP contribution in [-0.4, -0.2) is 44.4 Å². The quantitative estimate of drug-likeness (QED) is 0.524. The Morgan fingerprint density at radius 1 is 1.50 bits per heavy atom. The Bertz CT molecular complexity index is 418. The Hall–Kier alpha value is -2.09. The molecule has 1 aromatic rings. The van der Waals surface area contributed by atoms with Crippen LogP contribution in [0.25, 0.3) is 0 Å². The van der Waals surface area contributed by atoms with Gasteiger partial charge in [0.15, 0.2) is 6.10 Å². The van der Waals surface area contributed by atoms with Gasteiger partial charge >= 0.3 is 12.0 Å². The van der Waals surface area contributed by atoms with Crippen LogP contribution in [0.4, 0.5) is 4.79 Å².